The van der Waals surface area contributed by atoms with Crippen molar-refractivity contribution >= 4 is 22.2 Å². The molecular weight excluding hydrogens is 368 g/mol. The number of rotatable bonds is 4. The zero-order valence-electron chi connectivity index (χ0n) is 17.0. The van der Waals surface area contributed by atoms with Gasteiger partial charge in [-0.15, -0.1) is 11.3 Å². The molecule has 6 heteroatoms. The van der Waals surface area contributed by atoms with Crippen LogP contribution in [0, 0.1) is 17.2 Å². The van der Waals surface area contributed by atoms with Gasteiger partial charge in [-0.05, 0) is 76.6 Å². The molecule has 1 amide bonds. The monoisotopic (exact) mass is 400 g/mol. The van der Waals surface area contributed by atoms with Gasteiger partial charge in [-0.3, -0.25) is 9.69 Å². The van der Waals surface area contributed by atoms with E-state index in [0.29, 0.717) is 12.5 Å². The number of fused-ring (bicyclic) bond motifs is 2. The molecule has 1 aromatic rings. The number of hydrogen-bond donors (Lipinski definition) is 1. The van der Waals surface area contributed by atoms with Crippen molar-refractivity contribution in [2.45, 2.75) is 63.8 Å². The van der Waals surface area contributed by atoms with Crippen molar-refractivity contribution in [1.29, 1.82) is 5.26 Å². The lowest BCUT2D eigenvalue weighted by atomic mass is 9.84. The average Bonchev–Trinajstić information content (AvgIpc) is 2.85. The van der Waals surface area contributed by atoms with Crippen molar-refractivity contribution in [1.82, 2.24) is 9.80 Å². The fourth-order valence-corrected chi connectivity index (χ4v) is 6.61. The molecule has 3 heterocycles. The molecule has 2 saturated heterocycles. The van der Waals surface area contributed by atoms with Crippen LogP contribution in [0.1, 0.15) is 60.9 Å². The molecule has 5 nitrogen and oxygen atoms in total. The first-order valence-electron chi connectivity index (χ1n) is 10.9. The highest BCUT2D eigenvalue weighted by molar-refractivity contribution is 7.16. The molecule has 2 aliphatic heterocycles. The summed E-state index contributed by atoms with van der Waals surface area (Å²) >= 11 is 1.63. The number of anilines is 1. The van der Waals surface area contributed by atoms with Crippen molar-refractivity contribution in [2.75, 3.05) is 38.5 Å². The van der Waals surface area contributed by atoms with Crippen LogP contribution in [-0.4, -0.2) is 55.0 Å². The SMILES string of the molecule is CN1CC[C@H]2[C@H](CCCN2CCC(=O)Nc2sc3c(c2C#N)CCCCC3)C1. The number of thiophene rings is 1. The normalized spacial score (nSPS) is 26.0. The number of likely N-dealkylation sites (tertiary alicyclic amines) is 2. The summed E-state index contributed by atoms with van der Waals surface area (Å²) in [5.74, 6) is 0.816. The van der Waals surface area contributed by atoms with E-state index in [-0.39, 0.29) is 5.91 Å². The van der Waals surface area contributed by atoms with E-state index in [4.69, 9.17) is 0 Å². The topological polar surface area (TPSA) is 59.4 Å². The minimum Gasteiger partial charge on any atom is -0.317 e. The van der Waals surface area contributed by atoms with Gasteiger partial charge >= 0.3 is 0 Å². The molecule has 0 unspecified atom stereocenters. The first-order valence-corrected chi connectivity index (χ1v) is 11.7. The second-order valence-electron chi connectivity index (χ2n) is 8.74. The van der Waals surface area contributed by atoms with Crippen LogP contribution in [-0.2, 0) is 17.6 Å². The predicted molar refractivity (Wildman–Crippen MR) is 114 cm³/mol. The summed E-state index contributed by atoms with van der Waals surface area (Å²) in [5.41, 5.74) is 1.93. The average molecular weight is 401 g/mol. The van der Waals surface area contributed by atoms with Crippen LogP contribution >= 0.6 is 11.3 Å². The highest BCUT2D eigenvalue weighted by Crippen LogP contribution is 2.37. The molecule has 0 saturated carbocycles. The second-order valence-corrected chi connectivity index (χ2v) is 9.84. The van der Waals surface area contributed by atoms with Crippen molar-refractivity contribution in [3.8, 4) is 6.07 Å². The minimum atomic E-state index is 0.0583. The summed E-state index contributed by atoms with van der Waals surface area (Å²) in [6.45, 7) is 4.31. The van der Waals surface area contributed by atoms with Crippen molar-refractivity contribution < 1.29 is 4.79 Å². The molecule has 1 aromatic heterocycles. The van der Waals surface area contributed by atoms with Gasteiger partial charge in [0.2, 0.25) is 5.91 Å². The van der Waals surface area contributed by atoms with E-state index in [1.165, 1.54) is 49.1 Å². The molecule has 2 fully saturated rings. The van der Waals surface area contributed by atoms with Gasteiger partial charge in [0.05, 0.1) is 5.56 Å². The Kier molecular flexibility index (Phi) is 6.35. The maximum atomic E-state index is 12.7. The maximum absolute atomic E-state index is 12.7. The van der Waals surface area contributed by atoms with Gasteiger partial charge in [-0.25, -0.2) is 0 Å². The summed E-state index contributed by atoms with van der Waals surface area (Å²) in [6.07, 6.45) is 9.92. The van der Waals surface area contributed by atoms with Crippen LogP contribution in [0.2, 0.25) is 0 Å². The molecule has 1 N–H and O–H groups in total. The molecule has 0 bridgehead atoms. The highest BCUT2D eigenvalue weighted by atomic mass is 32.1. The van der Waals surface area contributed by atoms with Gasteiger partial charge in [-0.2, -0.15) is 5.26 Å². The van der Waals surface area contributed by atoms with Gasteiger partial charge in [0, 0.05) is 30.4 Å². The predicted octanol–water partition coefficient (Wildman–Crippen LogP) is 3.63. The Morgan fingerprint density at radius 2 is 2.07 bits per heavy atom. The van der Waals surface area contributed by atoms with Crippen LogP contribution in [0.4, 0.5) is 5.00 Å². The Morgan fingerprint density at radius 1 is 1.21 bits per heavy atom. The molecular formula is C22H32N4OS. The van der Waals surface area contributed by atoms with E-state index in [1.54, 1.807) is 11.3 Å². The Morgan fingerprint density at radius 3 is 2.93 bits per heavy atom. The molecule has 4 rings (SSSR count). The van der Waals surface area contributed by atoms with E-state index in [0.717, 1.165) is 55.4 Å². The first-order chi connectivity index (χ1) is 13.7. The zero-order valence-corrected chi connectivity index (χ0v) is 17.8. The lowest BCUT2D eigenvalue weighted by Gasteiger charge is -2.46. The van der Waals surface area contributed by atoms with E-state index < -0.39 is 0 Å². The molecule has 3 aliphatic rings. The van der Waals surface area contributed by atoms with E-state index in [1.807, 2.05) is 0 Å². The van der Waals surface area contributed by atoms with Crippen LogP contribution in [0.25, 0.3) is 0 Å². The van der Waals surface area contributed by atoms with Crippen molar-refractivity contribution in [3.63, 3.8) is 0 Å². The molecule has 2 atom stereocenters. The Labute approximate surface area is 172 Å². The Hall–Kier alpha value is -1.42. The Balaban J connectivity index is 1.35. The summed E-state index contributed by atoms with van der Waals surface area (Å²) in [6, 6.07) is 3.01. The van der Waals surface area contributed by atoms with Gasteiger partial charge in [0.25, 0.3) is 0 Å². The summed E-state index contributed by atoms with van der Waals surface area (Å²) in [4.78, 5) is 19.0. The lowest BCUT2D eigenvalue weighted by molar-refractivity contribution is -0.116. The van der Waals surface area contributed by atoms with Gasteiger partial charge in [0.1, 0.15) is 11.1 Å². The number of piperidine rings is 2. The number of amides is 1. The zero-order chi connectivity index (χ0) is 19.5. The first kappa shape index (κ1) is 19.9. The molecule has 0 radical (unpaired) electrons. The quantitative estimate of drug-likeness (QED) is 0.784. The third-order valence-corrected chi connectivity index (χ3v) is 8.01. The van der Waals surface area contributed by atoms with Crippen molar-refractivity contribution in [2.24, 2.45) is 5.92 Å². The number of hydrogen-bond acceptors (Lipinski definition) is 5. The van der Waals surface area contributed by atoms with Crippen LogP contribution in [0.15, 0.2) is 0 Å². The fraction of sp³-hybridized carbons (Fsp3) is 0.727. The number of carbonyl (C=O) groups excluding carboxylic acids is 1. The minimum absolute atomic E-state index is 0.0583. The van der Waals surface area contributed by atoms with Gasteiger partial charge < -0.3 is 10.2 Å². The molecule has 0 aromatic carbocycles. The largest absolute Gasteiger partial charge is 0.317 e. The summed E-state index contributed by atoms with van der Waals surface area (Å²) < 4.78 is 0. The van der Waals surface area contributed by atoms with Crippen LogP contribution < -0.4 is 5.32 Å². The van der Waals surface area contributed by atoms with E-state index in [9.17, 15) is 10.1 Å². The third kappa shape index (κ3) is 4.27. The van der Waals surface area contributed by atoms with Gasteiger partial charge in [-0.1, -0.05) is 6.42 Å². The van der Waals surface area contributed by atoms with Crippen molar-refractivity contribution in [3.05, 3.63) is 16.0 Å². The summed E-state index contributed by atoms with van der Waals surface area (Å²) in [5, 5.41) is 13.5. The number of nitrogens with one attached hydrogen (secondary N) is 1. The number of carbonyl (C=O) groups is 1. The second kappa shape index (κ2) is 8.94. The van der Waals surface area contributed by atoms with Gasteiger partial charge in [0.15, 0.2) is 0 Å². The van der Waals surface area contributed by atoms with E-state index in [2.05, 4.69) is 28.2 Å². The maximum Gasteiger partial charge on any atom is 0.226 e. The molecule has 28 heavy (non-hydrogen) atoms. The van der Waals surface area contributed by atoms with Crippen LogP contribution in [0.3, 0.4) is 0 Å². The number of aryl methyl sites for hydroxylation is 1. The highest BCUT2D eigenvalue weighted by Gasteiger charge is 2.34. The number of nitriles is 1. The van der Waals surface area contributed by atoms with Crippen LogP contribution in [0.5, 0.6) is 0 Å². The smallest absolute Gasteiger partial charge is 0.226 e. The Bertz CT molecular complexity index is 752. The van der Waals surface area contributed by atoms with E-state index >= 15 is 0 Å². The summed E-state index contributed by atoms with van der Waals surface area (Å²) in [7, 11) is 2.22. The lowest BCUT2D eigenvalue weighted by Crippen LogP contribution is -2.53. The molecule has 152 valence electrons. The third-order valence-electron chi connectivity index (χ3n) is 6.80. The standard InChI is InChI=1S/C22H32N4OS/c1-25-12-9-19-16(15-25)6-5-11-26(19)13-10-21(27)24-22-18(14-23)17-7-3-2-4-8-20(17)28-22/h16,19H,2-13,15H2,1H3,(H,24,27)/t16-,19+/m1/s1. The molecule has 1 aliphatic carbocycles. The fourth-order valence-electron chi connectivity index (χ4n) is 5.35. The number of nitrogens with zero attached hydrogens (tertiary/aromatic N) is 3. The molecule has 0 spiro atoms.